The standard InChI is InChI=1S/C30H38N4O9S/c1-30(2,14-6-15-31)20-33(44(39,40)23-11-9-22(10-12-23)34(37)38)18-26(35)25(17-21-7-4-3-5-8-21)32-29(36)43-27-19-42-28-24(27)13-16-41-28/h3-5,7-12,24-28,35H,6,13-14,16-20H2,1-2H3,(H,32,36)/t24-,25-,26-,27-,28+/m0/s1. The highest BCUT2D eigenvalue weighted by Gasteiger charge is 2.44. The Bertz CT molecular complexity index is 1430. The van der Waals surface area contributed by atoms with Gasteiger partial charge in [0.2, 0.25) is 10.0 Å². The smallest absolute Gasteiger partial charge is 0.407 e. The number of benzene rings is 2. The Hall–Kier alpha value is -3.61. The van der Waals surface area contributed by atoms with Crippen molar-refractivity contribution < 1.29 is 37.5 Å². The van der Waals surface area contributed by atoms with Crippen molar-refractivity contribution in [1.82, 2.24) is 9.62 Å². The summed E-state index contributed by atoms with van der Waals surface area (Å²) in [6.07, 6.45) is -1.64. The first-order chi connectivity index (χ1) is 20.9. The number of carbonyl (C=O) groups is 1. The van der Waals surface area contributed by atoms with Gasteiger partial charge in [0.05, 0.1) is 47.2 Å². The Morgan fingerprint density at radius 3 is 2.59 bits per heavy atom. The monoisotopic (exact) mass is 630 g/mol. The molecule has 0 saturated carbocycles. The van der Waals surface area contributed by atoms with Crippen LogP contribution >= 0.6 is 0 Å². The maximum atomic E-state index is 13.9. The quantitative estimate of drug-likeness (QED) is 0.232. The van der Waals surface area contributed by atoms with Crippen molar-refractivity contribution in [3.63, 3.8) is 0 Å². The zero-order chi connectivity index (χ0) is 31.9. The highest BCUT2D eigenvalue weighted by molar-refractivity contribution is 7.89. The van der Waals surface area contributed by atoms with Gasteiger partial charge < -0.3 is 24.6 Å². The lowest BCUT2D eigenvalue weighted by atomic mass is 9.88. The Kier molecular flexibility index (Phi) is 10.9. The summed E-state index contributed by atoms with van der Waals surface area (Å²) in [6.45, 7) is 3.86. The molecule has 0 spiro atoms. The number of non-ortho nitro benzene ring substituents is 1. The van der Waals surface area contributed by atoms with Crippen LogP contribution in [0.25, 0.3) is 0 Å². The van der Waals surface area contributed by atoms with Crippen molar-refractivity contribution in [1.29, 1.82) is 5.26 Å². The summed E-state index contributed by atoms with van der Waals surface area (Å²) < 4.78 is 45.6. The predicted molar refractivity (Wildman–Crippen MR) is 158 cm³/mol. The van der Waals surface area contributed by atoms with Gasteiger partial charge in [-0.2, -0.15) is 9.57 Å². The average molecular weight is 631 g/mol. The predicted octanol–water partition coefficient (Wildman–Crippen LogP) is 3.38. The van der Waals surface area contributed by atoms with Gasteiger partial charge in [-0.25, -0.2) is 13.2 Å². The topological polar surface area (TPSA) is 181 Å². The maximum Gasteiger partial charge on any atom is 0.407 e. The number of aliphatic hydroxyl groups excluding tert-OH is 1. The van der Waals surface area contributed by atoms with Crippen LogP contribution in [0.3, 0.4) is 0 Å². The number of fused-ring (bicyclic) bond motifs is 1. The van der Waals surface area contributed by atoms with Crippen LogP contribution in [0.2, 0.25) is 0 Å². The Morgan fingerprint density at radius 1 is 1.23 bits per heavy atom. The molecule has 2 N–H and O–H groups in total. The van der Waals surface area contributed by atoms with Crippen LogP contribution in [0.1, 0.15) is 38.7 Å². The second-order valence-electron chi connectivity index (χ2n) is 11.8. The van der Waals surface area contributed by atoms with Gasteiger partial charge in [0, 0.05) is 31.6 Å². The molecule has 14 heteroatoms. The van der Waals surface area contributed by atoms with Crippen LogP contribution in [0, 0.1) is 32.8 Å². The summed E-state index contributed by atoms with van der Waals surface area (Å²) >= 11 is 0. The number of alkyl carbamates (subject to hydrolysis) is 1. The number of sulfonamides is 1. The number of carbonyl (C=O) groups excluding carboxylic acids is 1. The zero-order valence-electron chi connectivity index (χ0n) is 24.7. The van der Waals surface area contributed by atoms with Gasteiger partial charge >= 0.3 is 6.09 Å². The van der Waals surface area contributed by atoms with Crippen LogP contribution in [0.4, 0.5) is 10.5 Å². The van der Waals surface area contributed by atoms with E-state index in [1.807, 2.05) is 44.2 Å². The van der Waals surface area contributed by atoms with E-state index in [0.29, 0.717) is 19.4 Å². The molecule has 2 saturated heterocycles. The number of rotatable bonds is 14. The van der Waals surface area contributed by atoms with Gasteiger partial charge in [0.1, 0.15) is 6.10 Å². The molecule has 13 nitrogen and oxygen atoms in total. The molecular weight excluding hydrogens is 592 g/mol. The molecule has 0 bridgehead atoms. The van der Waals surface area contributed by atoms with Gasteiger partial charge in [-0.1, -0.05) is 44.2 Å². The number of hydrogen-bond donors (Lipinski definition) is 2. The number of nitrogens with zero attached hydrogens (tertiary/aromatic N) is 3. The minimum Gasteiger partial charge on any atom is -0.443 e. The fourth-order valence-electron chi connectivity index (χ4n) is 5.44. The minimum absolute atomic E-state index is 0.0595. The number of aliphatic hydroxyl groups is 1. The summed E-state index contributed by atoms with van der Waals surface area (Å²) in [4.78, 5) is 23.4. The number of ether oxygens (including phenoxy) is 3. The minimum atomic E-state index is -4.27. The first kappa shape index (κ1) is 33.3. The SMILES string of the molecule is CC(C)(CCC#N)CN(C[C@H](O)[C@H](Cc1ccccc1)NC(=O)O[C@H]1CO[C@H]2OCC[C@H]21)S(=O)(=O)c1ccc([N+](=O)[O-])cc1. The Morgan fingerprint density at radius 2 is 1.93 bits per heavy atom. The van der Waals surface area contributed by atoms with E-state index in [1.54, 1.807) is 0 Å². The molecule has 1 amide bonds. The molecule has 0 radical (unpaired) electrons. The molecule has 2 heterocycles. The van der Waals surface area contributed by atoms with Gasteiger partial charge in [0.15, 0.2) is 6.29 Å². The number of amides is 1. The van der Waals surface area contributed by atoms with Crippen molar-refractivity contribution >= 4 is 21.8 Å². The number of hydrogen-bond acceptors (Lipinski definition) is 10. The molecule has 2 aromatic carbocycles. The van der Waals surface area contributed by atoms with Gasteiger partial charge in [-0.15, -0.1) is 0 Å². The van der Waals surface area contributed by atoms with Crippen LogP contribution in [-0.4, -0.2) is 79.7 Å². The first-order valence-electron chi connectivity index (χ1n) is 14.4. The van der Waals surface area contributed by atoms with E-state index in [1.165, 1.54) is 0 Å². The molecule has 0 unspecified atom stereocenters. The molecule has 238 valence electrons. The molecule has 2 aliphatic rings. The lowest BCUT2D eigenvalue weighted by Gasteiger charge is -2.34. The molecule has 0 aromatic heterocycles. The molecule has 0 aliphatic carbocycles. The molecule has 2 aliphatic heterocycles. The summed E-state index contributed by atoms with van der Waals surface area (Å²) in [5.74, 6) is -0.0868. The lowest BCUT2D eigenvalue weighted by molar-refractivity contribution is -0.384. The van der Waals surface area contributed by atoms with E-state index in [0.717, 1.165) is 34.1 Å². The van der Waals surface area contributed by atoms with E-state index in [2.05, 4.69) is 11.4 Å². The van der Waals surface area contributed by atoms with Crippen LogP contribution in [0.5, 0.6) is 0 Å². The van der Waals surface area contributed by atoms with Crippen molar-refractivity contribution in [2.45, 2.75) is 69.0 Å². The van der Waals surface area contributed by atoms with Crippen molar-refractivity contribution in [3.05, 3.63) is 70.3 Å². The largest absolute Gasteiger partial charge is 0.443 e. The van der Waals surface area contributed by atoms with E-state index >= 15 is 0 Å². The molecule has 2 aromatic rings. The second kappa shape index (κ2) is 14.4. The molecule has 5 atom stereocenters. The fraction of sp³-hybridized carbons (Fsp3) is 0.533. The summed E-state index contributed by atoms with van der Waals surface area (Å²) in [6, 6.07) is 14.8. The number of nitro benzene ring substituents is 1. The van der Waals surface area contributed by atoms with E-state index in [4.69, 9.17) is 19.5 Å². The van der Waals surface area contributed by atoms with Crippen LogP contribution in [0.15, 0.2) is 59.5 Å². The Balaban J connectivity index is 1.57. The van der Waals surface area contributed by atoms with Gasteiger partial charge in [0.25, 0.3) is 5.69 Å². The highest BCUT2D eigenvalue weighted by atomic mass is 32.2. The van der Waals surface area contributed by atoms with Crippen molar-refractivity contribution in [2.75, 3.05) is 26.3 Å². The third kappa shape index (κ3) is 8.52. The number of nitriles is 1. The van der Waals surface area contributed by atoms with E-state index in [9.17, 15) is 28.4 Å². The molecule has 2 fully saturated rings. The molecular formula is C30H38N4O9S. The summed E-state index contributed by atoms with van der Waals surface area (Å²) in [7, 11) is -4.27. The highest BCUT2D eigenvalue weighted by Crippen LogP contribution is 2.33. The zero-order valence-corrected chi connectivity index (χ0v) is 25.5. The third-order valence-corrected chi connectivity index (χ3v) is 9.73. The van der Waals surface area contributed by atoms with Crippen molar-refractivity contribution in [2.24, 2.45) is 11.3 Å². The summed E-state index contributed by atoms with van der Waals surface area (Å²) in [5.41, 5.74) is -0.129. The Labute approximate surface area is 256 Å². The van der Waals surface area contributed by atoms with E-state index in [-0.39, 0.29) is 42.5 Å². The molecule has 4 rings (SSSR count). The second-order valence-corrected chi connectivity index (χ2v) is 13.8. The lowest BCUT2D eigenvalue weighted by Crippen LogP contribution is -2.52. The van der Waals surface area contributed by atoms with Crippen molar-refractivity contribution in [3.8, 4) is 6.07 Å². The first-order valence-corrected chi connectivity index (χ1v) is 15.9. The third-order valence-electron chi connectivity index (χ3n) is 7.90. The fourth-order valence-corrected chi connectivity index (χ4v) is 7.09. The number of nitro groups is 1. The van der Waals surface area contributed by atoms with Crippen LogP contribution in [-0.2, 0) is 30.7 Å². The maximum absolute atomic E-state index is 13.9. The van der Waals surface area contributed by atoms with Crippen LogP contribution < -0.4 is 5.32 Å². The number of nitrogens with one attached hydrogen (secondary N) is 1. The van der Waals surface area contributed by atoms with Gasteiger partial charge in [-0.05, 0) is 42.4 Å². The van der Waals surface area contributed by atoms with E-state index < -0.39 is 57.5 Å². The molecule has 44 heavy (non-hydrogen) atoms. The summed E-state index contributed by atoms with van der Waals surface area (Å²) in [5, 5.41) is 34.5. The normalized spacial score (nSPS) is 21.3. The van der Waals surface area contributed by atoms with Gasteiger partial charge in [-0.3, -0.25) is 10.1 Å². The average Bonchev–Trinajstić information content (AvgIpc) is 3.61.